The highest BCUT2D eigenvalue weighted by Crippen LogP contribution is 2.26. The molecular weight excluding hydrogens is 188 g/mol. The van der Waals surface area contributed by atoms with Gasteiger partial charge in [0.1, 0.15) is 0 Å². The number of rotatable bonds is 4. The maximum absolute atomic E-state index is 5.69. The lowest BCUT2D eigenvalue weighted by Crippen LogP contribution is -2.43. The van der Waals surface area contributed by atoms with E-state index in [-0.39, 0.29) is 5.41 Å². The van der Waals surface area contributed by atoms with E-state index in [1.54, 1.807) is 0 Å². The lowest BCUT2D eigenvalue weighted by Gasteiger charge is -2.37. The summed E-state index contributed by atoms with van der Waals surface area (Å²) in [6.45, 7) is 7.46. The zero-order valence-corrected chi connectivity index (χ0v) is 9.45. The van der Waals surface area contributed by atoms with Crippen LogP contribution in [-0.4, -0.2) is 19.8 Å². The first-order valence-corrected chi connectivity index (χ1v) is 5.39. The van der Waals surface area contributed by atoms with Crippen LogP contribution in [0.3, 0.4) is 0 Å². The molecule has 1 aliphatic heterocycles. The Balaban J connectivity index is 1.76. The van der Waals surface area contributed by atoms with Crippen LogP contribution in [0.25, 0.3) is 0 Å². The average molecular weight is 206 g/mol. The van der Waals surface area contributed by atoms with Gasteiger partial charge in [0.25, 0.3) is 0 Å². The van der Waals surface area contributed by atoms with Crippen molar-refractivity contribution in [1.29, 1.82) is 0 Å². The van der Waals surface area contributed by atoms with Crippen LogP contribution < -0.4 is 0 Å². The van der Waals surface area contributed by atoms with E-state index in [1.807, 2.05) is 0 Å². The van der Waals surface area contributed by atoms with E-state index in [1.165, 1.54) is 11.1 Å². The monoisotopic (exact) mass is 206 g/mol. The maximum atomic E-state index is 5.69. The summed E-state index contributed by atoms with van der Waals surface area (Å²) >= 11 is 0. The number of ether oxygens (including phenoxy) is 2. The topological polar surface area (TPSA) is 18.5 Å². The molecule has 2 nitrogen and oxygen atoms in total. The summed E-state index contributed by atoms with van der Waals surface area (Å²) in [4.78, 5) is 0. The fraction of sp³-hybridized carbons (Fsp3) is 0.538. The van der Waals surface area contributed by atoms with Gasteiger partial charge in [0.15, 0.2) is 0 Å². The normalized spacial score (nSPS) is 18.5. The van der Waals surface area contributed by atoms with Crippen molar-refractivity contribution < 1.29 is 9.47 Å². The minimum atomic E-state index is 0.255. The smallest absolute Gasteiger partial charge is 0.0717 e. The molecule has 0 amide bonds. The Bertz CT molecular complexity index is 312. The third-order valence-electron chi connectivity index (χ3n) is 2.74. The third kappa shape index (κ3) is 2.80. The first-order chi connectivity index (χ1) is 7.18. The van der Waals surface area contributed by atoms with Crippen LogP contribution in [-0.2, 0) is 16.1 Å². The highest BCUT2D eigenvalue weighted by molar-refractivity contribution is 5.20. The zero-order chi connectivity index (χ0) is 10.7. The van der Waals surface area contributed by atoms with E-state index in [9.17, 15) is 0 Å². The predicted octanol–water partition coefficient (Wildman–Crippen LogP) is 2.55. The summed E-state index contributed by atoms with van der Waals surface area (Å²) in [5.74, 6) is 0. The molecule has 1 fully saturated rings. The lowest BCUT2D eigenvalue weighted by molar-refractivity contribution is -0.140. The number of hydrogen-bond donors (Lipinski definition) is 0. The van der Waals surface area contributed by atoms with E-state index in [0.717, 1.165) is 19.8 Å². The Hall–Kier alpha value is -0.860. The molecule has 1 aliphatic rings. The molecule has 0 bridgehead atoms. The van der Waals surface area contributed by atoms with Crippen molar-refractivity contribution in [3.05, 3.63) is 35.4 Å². The van der Waals surface area contributed by atoms with Crippen molar-refractivity contribution in [2.24, 2.45) is 5.41 Å². The van der Waals surface area contributed by atoms with Crippen molar-refractivity contribution in [1.82, 2.24) is 0 Å². The summed E-state index contributed by atoms with van der Waals surface area (Å²) in [6, 6.07) is 8.48. The number of aryl methyl sites for hydroxylation is 1. The summed E-state index contributed by atoms with van der Waals surface area (Å²) in [7, 11) is 0. The fourth-order valence-electron chi connectivity index (χ4n) is 1.63. The second-order valence-electron chi connectivity index (χ2n) is 4.78. The molecule has 2 heteroatoms. The van der Waals surface area contributed by atoms with Crippen molar-refractivity contribution in [2.45, 2.75) is 20.5 Å². The molecule has 0 unspecified atom stereocenters. The minimum absolute atomic E-state index is 0.255. The SMILES string of the molecule is Cc1ccc(COCC2(C)COC2)cc1. The molecule has 0 saturated carbocycles. The molecule has 0 radical (unpaired) electrons. The first kappa shape index (κ1) is 10.7. The third-order valence-corrected chi connectivity index (χ3v) is 2.74. The predicted molar refractivity (Wildman–Crippen MR) is 59.8 cm³/mol. The molecule has 2 rings (SSSR count). The molecule has 82 valence electrons. The summed E-state index contributed by atoms with van der Waals surface area (Å²) in [5, 5.41) is 0. The molecule has 1 aromatic carbocycles. The van der Waals surface area contributed by atoms with Gasteiger partial charge in [-0.15, -0.1) is 0 Å². The summed E-state index contributed by atoms with van der Waals surface area (Å²) in [5.41, 5.74) is 2.78. The molecule has 0 aliphatic carbocycles. The molecule has 1 saturated heterocycles. The van der Waals surface area contributed by atoms with Gasteiger partial charge < -0.3 is 9.47 Å². The van der Waals surface area contributed by atoms with Gasteiger partial charge in [0.05, 0.1) is 26.4 Å². The van der Waals surface area contributed by atoms with E-state index in [4.69, 9.17) is 9.47 Å². The second kappa shape index (κ2) is 4.33. The van der Waals surface area contributed by atoms with E-state index in [2.05, 4.69) is 38.1 Å². The van der Waals surface area contributed by atoms with Crippen LogP contribution in [0.4, 0.5) is 0 Å². The molecule has 1 aromatic rings. The Morgan fingerprint density at radius 1 is 1.27 bits per heavy atom. The van der Waals surface area contributed by atoms with Gasteiger partial charge in [0.2, 0.25) is 0 Å². The Morgan fingerprint density at radius 3 is 2.47 bits per heavy atom. The van der Waals surface area contributed by atoms with Gasteiger partial charge in [0, 0.05) is 5.41 Å². The van der Waals surface area contributed by atoms with Crippen LogP contribution in [0.15, 0.2) is 24.3 Å². The fourth-order valence-corrected chi connectivity index (χ4v) is 1.63. The summed E-state index contributed by atoms with van der Waals surface area (Å²) < 4.78 is 10.9. The van der Waals surface area contributed by atoms with Crippen molar-refractivity contribution >= 4 is 0 Å². The van der Waals surface area contributed by atoms with Crippen LogP contribution in [0.5, 0.6) is 0 Å². The molecule has 0 N–H and O–H groups in total. The minimum Gasteiger partial charge on any atom is -0.380 e. The van der Waals surface area contributed by atoms with Gasteiger partial charge in [-0.05, 0) is 12.5 Å². The van der Waals surface area contributed by atoms with Crippen LogP contribution in [0.1, 0.15) is 18.1 Å². The van der Waals surface area contributed by atoms with Gasteiger partial charge in [-0.1, -0.05) is 36.8 Å². The Kier molecular flexibility index (Phi) is 3.08. The highest BCUT2D eigenvalue weighted by Gasteiger charge is 2.33. The molecular formula is C13H18O2. The van der Waals surface area contributed by atoms with Crippen molar-refractivity contribution in [3.8, 4) is 0 Å². The standard InChI is InChI=1S/C13H18O2/c1-11-3-5-12(6-4-11)7-14-8-13(2)9-15-10-13/h3-6H,7-10H2,1-2H3. The van der Waals surface area contributed by atoms with Crippen molar-refractivity contribution in [2.75, 3.05) is 19.8 Å². The molecule has 1 heterocycles. The van der Waals surface area contributed by atoms with Crippen molar-refractivity contribution in [3.63, 3.8) is 0 Å². The van der Waals surface area contributed by atoms with Crippen LogP contribution in [0.2, 0.25) is 0 Å². The largest absolute Gasteiger partial charge is 0.380 e. The quantitative estimate of drug-likeness (QED) is 0.753. The molecule has 0 spiro atoms. The average Bonchev–Trinajstić information content (AvgIpc) is 2.19. The molecule has 0 aromatic heterocycles. The van der Waals surface area contributed by atoms with Gasteiger partial charge in [-0.2, -0.15) is 0 Å². The van der Waals surface area contributed by atoms with E-state index < -0.39 is 0 Å². The van der Waals surface area contributed by atoms with E-state index in [0.29, 0.717) is 6.61 Å². The first-order valence-electron chi connectivity index (χ1n) is 5.39. The number of benzene rings is 1. The second-order valence-corrected chi connectivity index (χ2v) is 4.78. The Morgan fingerprint density at radius 2 is 1.93 bits per heavy atom. The highest BCUT2D eigenvalue weighted by atomic mass is 16.5. The maximum Gasteiger partial charge on any atom is 0.0717 e. The molecule has 0 atom stereocenters. The van der Waals surface area contributed by atoms with Gasteiger partial charge in [-0.3, -0.25) is 0 Å². The summed E-state index contributed by atoms with van der Waals surface area (Å²) in [6.07, 6.45) is 0. The zero-order valence-electron chi connectivity index (χ0n) is 9.45. The number of hydrogen-bond acceptors (Lipinski definition) is 2. The lowest BCUT2D eigenvalue weighted by atomic mass is 9.90. The van der Waals surface area contributed by atoms with Gasteiger partial charge >= 0.3 is 0 Å². The van der Waals surface area contributed by atoms with Crippen LogP contribution >= 0.6 is 0 Å². The Labute approximate surface area is 91.2 Å². The molecule has 15 heavy (non-hydrogen) atoms. The van der Waals surface area contributed by atoms with E-state index >= 15 is 0 Å². The van der Waals surface area contributed by atoms with Crippen LogP contribution in [0, 0.1) is 12.3 Å². The van der Waals surface area contributed by atoms with Gasteiger partial charge in [-0.25, -0.2) is 0 Å².